The molecule has 0 amide bonds. The van der Waals surface area contributed by atoms with Crippen LogP contribution in [0.2, 0.25) is 0 Å². The molecule has 0 radical (unpaired) electrons. The zero-order chi connectivity index (χ0) is 11.6. The van der Waals surface area contributed by atoms with E-state index in [9.17, 15) is 20.1 Å². The van der Waals surface area contributed by atoms with Gasteiger partial charge in [0.25, 0.3) is 0 Å². The summed E-state index contributed by atoms with van der Waals surface area (Å²) in [5.74, 6) is 0. The van der Waals surface area contributed by atoms with Crippen LogP contribution in [-0.4, -0.2) is 61.8 Å². The Balaban J connectivity index is 4.82. The van der Waals surface area contributed by atoms with E-state index in [0.29, 0.717) is 0 Å². The summed E-state index contributed by atoms with van der Waals surface area (Å²) in [6.45, 7) is 1.25. The Bertz CT molecular complexity index is 200. The molecule has 0 saturated carbocycles. The highest BCUT2D eigenvalue weighted by Gasteiger charge is 2.47. The topological polar surface area (TPSA) is 118 Å². The minimum absolute atomic E-state index is 0.0384. The van der Waals surface area contributed by atoms with Crippen molar-refractivity contribution in [1.29, 1.82) is 0 Å². The number of aliphatic hydroxyl groups excluding tert-OH is 3. The molecule has 0 rings (SSSR count). The predicted molar refractivity (Wildman–Crippen MR) is 46.4 cm³/mol. The van der Waals surface area contributed by atoms with E-state index in [1.54, 1.807) is 0 Å². The number of hydrogen-bond acceptors (Lipinski definition) is 6. The first-order chi connectivity index (χ1) is 6.20. The Morgan fingerprint density at radius 3 is 2.00 bits per heavy atom. The highest BCUT2D eigenvalue weighted by Crippen LogP contribution is 2.23. The lowest BCUT2D eigenvalue weighted by molar-refractivity contribution is -0.202. The summed E-state index contributed by atoms with van der Waals surface area (Å²) >= 11 is 0. The van der Waals surface area contributed by atoms with E-state index in [4.69, 9.17) is 10.2 Å². The largest absolute Gasteiger partial charge is 0.393 e. The molecule has 14 heavy (non-hydrogen) atoms. The fourth-order valence-corrected chi connectivity index (χ4v) is 1.02. The van der Waals surface area contributed by atoms with Crippen molar-refractivity contribution in [2.75, 3.05) is 6.61 Å². The summed E-state index contributed by atoms with van der Waals surface area (Å²) in [4.78, 5) is 10.2. The van der Waals surface area contributed by atoms with Gasteiger partial charge in [0.15, 0.2) is 6.29 Å². The molecular formula is C8H16O6. The Kier molecular flexibility index (Phi) is 4.16. The van der Waals surface area contributed by atoms with Crippen molar-refractivity contribution in [1.82, 2.24) is 0 Å². The van der Waals surface area contributed by atoms with E-state index in [-0.39, 0.29) is 6.29 Å². The molecule has 5 N–H and O–H groups in total. The maximum Gasteiger partial charge on any atom is 0.151 e. The van der Waals surface area contributed by atoms with Gasteiger partial charge in [-0.2, -0.15) is 0 Å². The maximum absolute atomic E-state index is 10.2. The SMILES string of the molecule is C[C@@](O)([C@@H](O)C=O)[C@H](O)[C@](C)(O)CO. The van der Waals surface area contributed by atoms with Gasteiger partial charge in [-0.25, -0.2) is 0 Å². The summed E-state index contributed by atoms with van der Waals surface area (Å²) in [5.41, 5.74) is -4.21. The van der Waals surface area contributed by atoms with Gasteiger partial charge in [-0.3, -0.25) is 0 Å². The first kappa shape index (κ1) is 13.5. The van der Waals surface area contributed by atoms with E-state index in [2.05, 4.69) is 0 Å². The van der Waals surface area contributed by atoms with E-state index >= 15 is 0 Å². The van der Waals surface area contributed by atoms with Crippen LogP contribution in [-0.2, 0) is 4.79 Å². The number of carbonyl (C=O) groups excluding carboxylic acids is 1. The maximum atomic E-state index is 10.2. The summed E-state index contributed by atoms with van der Waals surface area (Å²) < 4.78 is 0. The summed E-state index contributed by atoms with van der Waals surface area (Å²) in [7, 11) is 0. The highest BCUT2D eigenvalue weighted by atomic mass is 16.4. The molecule has 6 nitrogen and oxygen atoms in total. The molecule has 4 atom stereocenters. The predicted octanol–water partition coefficient (Wildman–Crippen LogP) is -2.60. The molecule has 0 bridgehead atoms. The number of hydrogen-bond donors (Lipinski definition) is 5. The third-order valence-corrected chi connectivity index (χ3v) is 2.19. The zero-order valence-corrected chi connectivity index (χ0v) is 8.08. The Hall–Kier alpha value is -0.530. The van der Waals surface area contributed by atoms with Crippen LogP contribution >= 0.6 is 0 Å². The third-order valence-electron chi connectivity index (χ3n) is 2.19. The average Bonchev–Trinajstić information content (AvgIpc) is 2.15. The lowest BCUT2D eigenvalue weighted by Crippen LogP contribution is -2.61. The second-order valence-corrected chi connectivity index (χ2v) is 3.72. The van der Waals surface area contributed by atoms with Crippen LogP contribution in [0, 0.1) is 0 Å². The molecule has 0 spiro atoms. The van der Waals surface area contributed by atoms with Crippen molar-refractivity contribution in [3.63, 3.8) is 0 Å². The van der Waals surface area contributed by atoms with Gasteiger partial charge < -0.3 is 30.3 Å². The first-order valence-corrected chi connectivity index (χ1v) is 4.07. The van der Waals surface area contributed by atoms with Crippen LogP contribution in [0.1, 0.15) is 13.8 Å². The van der Waals surface area contributed by atoms with Crippen LogP contribution in [0.3, 0.4) is 0 Å². The second kappa shape index (κ2) is 4.33. The minimum atomic E-state index is -2.21. The lowest BCUT2D eigenvalue weighted by Gasteiger charge is -2.38. The number of aliphatic hydroxyl groups is 5. The van der Waals surface area contributed by atoms with Crippen LogP contribution in [0.25, 0.3) is 0 Å². The molecule has 0 unspecified atom stereocenters. The summed E-state index contributed by atoms with van der Waals surface area (Å²) in [5, 5.41) is 46.1. The molecule has 0 fully saturated rings. The molecule has 0 aromatic carbocycles. The summed E-state index contributed by atoms with van der Waals surface area (Å²) in [6, 6.07) is 0. The smallest absolute Gasteiger partial charge is 0.151 e. The molecule has 0 heterocycles. The van der Waals surface area contributed by atoms with E-state index in [0.717, 1.165) is 13.8 Å². The Morgan fingerprint density at radius 1 is 1.29 bits per heavy atom. The van der Waals surface area contributed by atoms with Gasteiger partial charge in [0, 0.05) is 0 Å². The number of carbonyl (C=O) groups is 1. The molecule has 6 heteroatoms. The fraction of sp³-hybridized carbons (Fsp3) is 0.875. The molecule has 0 aromatic rings. The van der Waals surface area contributed by atoms with E-state index in [1.807, 2.05) is 0 Å². The monoisotopic (exact) mass is 208 g/mol. The van der Waals surface area contributed by atoms with Gasteiger partial charge in [-0.15, -0.1) is 0 Å². The number of rotatable bonds is 5. The van der Waals surface area contributed by atoms with Crippen molar-refractivity contribution in [2.24, 2.45) is 0 Å². The normalized spacial score (nSPS) is 24.5. The van der Waals surface area contributed by atoms with Crippen LogP contribution in [0.4, 0.5) is 0 Å². The quantitative estimate of drug-likeness (QED) is 0.316. The van der Waals surface area contributed by atoms with Crippen LogP contribution < -0.4 is 0 Å². The first-order valence-electron chi connectivity index (χ1n) is 4.07. The van der Waals surface area contributed by atoms with Crippen LogP contribution in [0.5, 0.6) is 0 Å². The van der Waals surface area contributed by atoms with Gasteiger partial charge in [0.2, 0.25) is 0 Å². The van der Waals surface area contributed by atoms with E-state index < -0.39 is 30.0 Å². The Morgan fingerprint density at radius 2 is 1.71 bits per heavy atom. The lowest BCUT2D eigenvalue weighted by atomic mass is 9.83. The van der Waals surface area contributed by atoms with Crippen molar-refractivity contribution < 1.29 is 30.3 Å². The summed E-state index contributed by atoms with van der Waals surface area (Å²) in [6.07, 6.45) is -3.65. The van der Waals surface area contributed by atoms with Gasteiger partial charge in [-0.05, 0) is 13.8 Å². The van der Waals surface area contributed by atoms with Gasteiger partial charge in [-0.1, -0.05) is 0 Å². The fourth-order valence-electron chi connectivity index (χ4n) is 1.02. The molecule has 0 aromatic heterocycles. The zero-order valence-electron chi connectivity index (χ0n) is 8.08. The average molecular weight is 208 g/mol. The van der Waals surface area contributed by atoms with Gasteiger partial charge in [0.1, 0.15) is 23.4 Å². The van der Waals surface area contributed by atoms with Gasteiger partial charge in [0.05, 0.1) is 6.61 Å². The molecule has 0 aliphatic rings. The van der Waals surface area contributed by atoms with Crippen LogP contribution in [0.15, 0.2) is 0 Å². The molecule has 0 aliphatic carbocycles. The van der Waals surface area contributed by atoms with Crippen molar-refractivity contribution in [2.45, 2.75) is 37.3 Å². The van der Waals surface area contributed by atoms with Crippen molar-refractivity contribution in [3.8, 4) is 0 Å². The Labute approximate surface area is 81.4 Å². The molecular weight excluding hydrogens is 192 g/mol. The molecule has 84 valence electrons. The second-order valence-electron chi connectivity index (χ2n) is 3.72. The minimum Gasteiger partial charge on any atom is -0.393 e. The standard InChI is InChI=1S/C8H16O6/c1-7(13,4-10)6(12)8(2,14)5(11)3-9/h3,5-6,10-14H,4H2,1-2H3/t5-,6+,7+,8+/m0/s1. The highest BCUT2D eigenvalue weighted by molar-refractivity contribution is 5.58. The third kappa shape index (κ3) is 2.49. The molecule has 0 saturated heterocycles. The van der Waals surface area contributed by atoms with Gasteiger partial charge >= 0.3 is 0 Å². The molecule has 0 aliphatic heterocycles. The van der Waals surface area contributed by atoms with E-state index in [1.165, 1.54) is 0 Å². The van der Waals surface area contributed by atoms with Crippen molar-refractivity contribution in [3.05, 3.63) is 0 Å². The number of aldehydes is 1. The van der Waals surface area contributed by atoms with Crippen molar-refractivity contribution >= 4 is 6.29 Å².